The molecule has 0 radical (unpaired) electrons. The molecule has 0 saturated carbocycles. The van der Waals surface area contributed by atoms with E-state index in [1.165, 1.54) is 0 Å². The molecule has 3 heterocycles. The minimum atomic E-state index is 0.439. The van der Waals surface area contributed by atoms with Crippen LogP contribution < -0.4 is 5.73 Å². The Bertz CT molecular complexity index is 562. The van der Waals surface area contributed by atoms with E-state index in [1.54, 1.807) is 12.4 Å². The molecule has 1 fully saturated rings. The molecular formula is C13H19N5. The fourth-order valence-corrected chi connectivity index (χ4v) is 3.04. The minimum Gasteiger partial charge on any atom is -0.369 e. The van der Waals surface area contributed by atoms with Gasteiger partial charge in [-0.05, 0) is 32.0 Å². The molecule has 0 spiro atoms. The van der Waals surface area contributed by atoms with Crippen LogP contribution in [0.15, 0.2) is 18.5 Å². The molecule has 2 N–H and O–H groups in total. The zero-order valence-corrected chi connectivity index (χ0v) is 10.9. The fourth-order valence-electron chi connectivity index (χ4n) is 3.04. The summed E-state index contributed by atoms with van der Waals surface area (Å²) in [7, 11) is 2.17. The van der Waals surface area contributed by atoms with Crippen LogP contribution >= 0.6 is 0 Å². The molecule has 1 aliphatic rings. The number of anilines is 1. The van der Waals surface area contributed by atoms with Crippen LogP contribution in [0.5, 0.6) is 0 Å². The van der Waals surface area contributed by atoms with Crippen LogP contribution in [0.3, 0.4) is 0 Å². The van der Waals surface area contributed by atoms with Gasteiger partial charge in [0.25, 0.3) is 0 Å². The Labute approximate surface area is 107 Å². The number of nitrogens with two attached hydrogens (primary N) is 1. The lowest BCUT2D eigenvalue weighted by Gasteiger charge is -2.36. The average molecular weight is 245 g/mol. The zero-order chi connectivity index (χ0) is 12.7. The molecule has 1 saturated heterocycles. The van der Waals surface area contributed by atoms with Crippen molar-refractivity contribution >= 4 is 17.0 Å². The van der Waals surface area contributed by atoms with Crippen molar-refractivity contribution in [2.24, 2.45) is 5.92 Å². The number of nitrogen functional groups attached to an aromatic ring is 1. The van der Waals surface area contributed by atoms with Crippen molar-refractivity contribution in [2.75, 3.05) is 25.9 Å². The number of pyridine rings is 1. The number of likely N-dealkylation sites (tertiary alicyclic amines) is 1. The van der Waals surface area contributed by atoms with E-state index in [4.69, 9.17) is 5.73 Å². The Morgan fingerprint density at radius 3 is 3.06 bits per heavy atom. The van der Waals surface area contributed by atoms with Crippen molar-refractivity contribution in [2.45, 2.75) is 19.4 Å². The number of hydrogen-bond acceptors (Lipinski definition) is 4. The number of nitrogens with zero attached hydrogens (tertiary/aromatic N) is 4. The van der Waals surface area contributed by atoms with Gasteiger partial charge in [-0.2, -0.15) is 0 Å². The van der Waals surface area contributed by atoms with E-state index in [-0.39, 0.29) is 0 Å². The summed E-state index contributed by atoms with van der Waals surface area (Å²) in [5.41, 5.74) is 8.08. The molecule has 5 nitrogen and oxygen atoms in total. The average Bonchev–Trinajstić information content (AvgIpc) is 2.66. The van der Waals surface area contributed by atoms with Gasteiger partial charge >= 0.3 is 0 Å². The second-order valence-electron chi connectivity index (χ2n) is 5.30. The topological polar surface area (TPSA) is 60.0 Å². The first-order valence-electron chi connectivity index (χ1n) is 6.43. The van der Waals surface area contributed by atoms with E-state index < -0.39 is 0 Å². The quantitative estimate of drug-likeness (QED) is 0.827. The van der Waals surface area contributed by atoms with Crippen molar-refractivity contribution in [1.29, 1.82) is 0 Å². The highest BCUT2D eigenvalue weighted by Gasteiger charge is 2.28. The maximum Gasteiger partial charge on any atom is 0.201 e. The molecule has 1 aliphatic heterocycles. The van der Waals surface area contributed by atoms with E-state index in [0.717, 1.165) is 30.5 Å². The number of imidazole rings is 1. The molecule has 2 atom stereocenters. The third kappa shape index (κ3) is 1.75. The van der Waals surface area contributed by atoms with E-state index in [2.05, 4.69) is 33.4 Å². The Morgan fingerprint density at radius 2 is 2.28 bits per heavy atom. The lowest BCUT2D eigenvalue weighted by atomic mass is 9.94. The molecular weight excluding hydrogens is 226 g/mol. The van der Waals surface area contributed by atoms with E-state index in [1.807, 2.05) is 6.07 Å². The van der Waals surface area contributed by atoms with Gasteiger partial charge in [-0.1, -0.05) is 6.92 Å². The van der Waals surface area contributed by atoms with Gasteiger partial charge in [0, 0.05) is 18.8 Å². The van der Waals surface area contributed by atoms with Crippen molar-refractivity contribution < 1.29 is 0 Å². The second kappa shape index (κ2) is 4.24. The summed E-state index contributed by atoms with van der Waals surface area (Å²) in [6.07, 6.45) is 4.71. The van der Waals surface area contributed by atoms with Crippen LogP contribution in [-0.4, -0.2) is 39.6 Å². The predicted octanol–water partition coefficient (Wildman–Crippen LogP) is 1.53. The van der Waals surface area contributed by atoms with Gasteiger partial charge in [-0.15, -0.1) is 0 Å². The number of fused-ring (bicyclic) bond motifs is 1. The van der Waals surface area contributed by atoms with Crippen molar-refractivity contribution in [1.82, 2.24) is 19.4 Å². The number of hydrogen-bond donors (Lipinski definition) is 1. The van der Waals surface area contributed by atoms with E-state index in [0.29, 0.717) is 17.9 Å². The molecule has 5 heteroatoms. The van der Waals surface area contributed by atoms with Gasteiger partial charge in [0.1, 0.15) is 5.52 Å². The Hall–Kier alpha value is -1.62. The highest BCUT2D eigenvalue weighted by molar-refractivity contribution is 5.77. The first-order valence-corrected chi connectivity index (χ1v) is 6.43. The molecule has 2 unspecified atom stereocenters. The summed E-state index contributed by atoms with van der Waals surface area (Å²) in [4.78, 5) is 10.9. The highest BCUT2D eigenvalue weighted by Crippen LogP contribution is 2.32. The Balaban J connectivity index is 2.06. The SMILES string of the molecule is CC1CN(C)CCC1n1c(N)nc2cnccc21. The summed E-state index contributed by atoms with van der Waals surface area (Å²) in [6, 6.07) is 2.44. The summed E-state index contributed by atoms with van der Waals surface area (Å²) in [6.45, 7) is 4.50. The van der Waals surface area contributed by atoms with E-state index in [9.17, 15) is 0 Å². The normalized spacial score (nSPS) is 25.7. The third-order valence-electron chi connectivity index (χ3n) is 3.91. The number of rotatable bonds is 1. The monoisotopic (exact) mass is 245 g/mol. The molecule has 3 rings (SSSR count). The molecule has 0 amide bonds. The van der Waals surface area contributed by atoms with Crippen LogP contribution in [0, 0.1) is 5.92 Å². The Morgan fingerprint density at radius 1 is 1.44 bits per heavy atom. The van der Waals surface area contributed by atoms with Crippen LogP contribution in [0.1, 0.15) is 19.4 Å². The summed E-state index contributed by atoms with van der Waals surface area (Å²) >= 11 is 0. The van der Waals surface area contributed by atoms with Crippen molar-refractivity contribution in [3.63, 3.8) is 0 Å². The van der Waals surface area contributed by atoms with Crippen molar-refractivity contribution in [3.05, 3.63) is 18.5 Å². The number of piperidine rings is 1. The maximum atomic E-state index is 6.09. The number of aromatic nitrogens is 3. The van der Waals surface area contributed by atoms with Crippen LogP contribution in [0.25, 0.3) is 11.0 Å². The molecule has 2 aromatic rings. The lowest BCUT2D eigenvalue weighted by molar-refractivity contribution is 0.162. The standard InChI is InChI=1S/C13H19N5/c1-9-8-17(2)6-4-11(9)18-12-3-5-15-7-10(12)16-13(18)14/h3,5,7,9,11H,4,6,8H2,1-2H3,(H2,14,16). The highest BCUT2D eigenvalue weighted by atomic mass is 15.2. The van der Waals surface area contributed by atoms with E-state index >= 15 is 0 Å². The zero-order valence-electron chi connectivity index (χ0n) is 10.9. The molecule has 0 aliphatic carbocycles. The van der Waals surface area contributed by atoms with Gasteiger partial charge in [-0.25, -0.2) is 4.98 Å². The molecule has 96 valence electrons. The van der Waals surface area contributed by atoms with Gasteiger partial charge < -0.3 is 15.2 Å². The largest absolute Gasteiger partial charge is 0.369 e. The smallest absolute Gasteiger partial charge is 0.201 e. The second-order valence-corrected chi connectivity index (χ2v) is 5.30. The van der Waals surface area contributed by atoms with Crippen LogP contribution in [0.4, 0.5) is 5.95 Å². The van der Waals surface area contributed by atoms with Crippen molar-refractivity contribution in [3.8, 4) is 0 Å². The van der Waals surface area contributed by atoms with Gasteiger partial charge in [0.2, 0.25) is 5.95 Å². The summed E-state index contributed by atoms with van der Waals surface area (Å²) < 4.78 is 2.19. The Kier molecular flexibility index (Phi) is 2.70. The van der Waals surface area contributed by atoms with Gasteiger partial charge in [0.05, 0.1) is 11.7 Å². The summed E-state index contributed by atoms with van der Waals surface area (Å²) in [5.74, 6) is 1.19. The molecule has 2 aromatic heterocycles. The maximum absolute atomic E-state index is 6.09. The minimum absolute atomic E-state index is 0.439. The van der Waals surface area contributed by atoms with Gasteiger partial charge in [0.15, 0.2) is 0 Å². The van der Waals surface area contributed by atoms with Crippen LogP contribution in [-0.2, 0) is 0 Å². The summed E-state index contributed by atoms with van der Waals surface area (Å²) in [5, 5.41) is 0. The van der Waals surface area contributed by atoms with Crippen LogP contribution in [0.2, 0.25) is 0 Å². The first kappa shape index (κ1) is 11.5. The molecule has 0 aromatic carbocycles. The fraction of sp³-hybridized carbons (Fsp3) is 0.538. The predicted molar refractivity (Wildman–Crippen MR) is 72.3 cm³/mol. The third-order valence-corrected chi connectivity index (χ3v) is 3.91. The first-order chi connectivity index (χ1) is 8.66. The van der Waals surface area contributed by atoms with Gasteiger partial charge in [-0.3, -0.25) is 4.98 Å². The molecule has 18 heavy (non-hydrogen) atoms. The lowest BCUT2D eigenvalue weighted by Crippen LogP contribution is -2.38. The molecule has 0 bridgehead atoms.